The second kappa shape index (κ2) is 3.69. The highest BCUT2D eigenvalue weighted by Crippen LogP contribution is 2.08. The SMILES string of the molecule is NCCCN1CCC(N)C1=O. The second-order valence-electron chi connectivity index (χ2n) is 2.86. The summed E-state index contributed by atoms with van der Waals surface area (Å²) >= 11 is 0. The van der Waals surface area contributed by atoms with Gasteiger partial charge in [0.2, 0.25) is 5.91 Å². The van der Waals surface area contributed by atoms with E-state index in [4.69, 9.17) is 11.5 Å². The number of hydrogen-bond donors (Lipinski definition) is 2. The molecule has 1 fully saturated rings. The van der Waals surface area contributed by atoms with Crippen LogP contribution in [0, 0.1) is 0 Å². The van der Waals surface area contributed by atoms with Crippen molar-refractivity contribution in [2.75, 3.05) is 19.6 Å². The van der Waals surface area contributed by atoms with Crippen LogP contribution in [0.4, 0.5) is 0 Å². The Labute approximate surface area is 66.5 Å². The Bertz CT molecular complexity index is 149. The van der Waals surface area contributed by atoms with Crippen molar-refractivity contribution in [3.63, 3.8) is 0 Å². The third kappa shape index (κ3) is 1.91. The first-order valence-electron chi connectivity index (χ1n) is 4.00. The van der Waals surface area contributed by atoms with Gasteiger partial charge in [0.1, 0.15) is 0 Å². The van der Waals surface area contributed by atoms with Gasteiger partial charge in [0, 0.05) is 13.1 Å². The minimum absolute atomic E-state index is 0.0819. The molecule has 4 heteroatoms. The van der Waals surface area contributed by atoms with Crippen LogP contribution in [0.15, 0.2) is 0 Å². The van der Waals surface area contributed by atoms with Crippen LogP contribution < -0.4 is 11.5 Å². The predicted octanol–water partition coefficient (Wildman–Crippen LogP) is -1.11. The van der Waals surface area contributed by atoms with Gasteiger partial charge >= 0.3 is 0 Å². The molecule has 11 heavy (non-hydrogen) atoms. The highest BCUT2D eigenvalue weighted by atomic mass is 16.2. The molecule has 0 spiro atoms. The van der Waals surface area contributed by atoms with Crippen molar-refractivity contribution in [2.24, 2.45) is 11.5 Å². The van der Waals surface area contributed by atoms with E-state index >= 15 is 0 Å². The van der Waals surface area contributed by atoms with E-state index in [0.29, 0.717) is 6.54 Å². The molecule has 1 amide bonds. The molecule has 0 aromatic heterocycles. The number of amides is 1. The first-order chi connectivity index (χ1) is 5.25. The van der Waals surface area contributed by atoms with E-state index in [-0.39, 0.29) is 11.9 Å². The normalized spacial score (nSPS) is 24.7. The average Bonchev–Trinajstić information content (AvgIpc) is 2.31. The molecule has 0 bridgehead atoms. The number of rotatable bonds is 3. The summed E-state index contributed by atoms with van der Waals surface area (Å²) in [5.41, 5.74) is 10.8. The summed E-state index contributed by atoms with van der Waals surface area (Å²) in [7, 11) is 0. The monoisotopic (exact) mass is 157 g/mol. The third-order valence-electron chi connectivity index (χ3n) is 1.97. The van der Waals surface area contributed by atoms with Gasteiger partial charge in [0.15, 0.2) is 0 Å². The number of carbonyl (C=O) groups excluding carboxylic acids is 1. The van der Waals surface area contributed by atoms with Gasteiger partial charge in [0.05, 0.1) is 6.04 Å². The summed E-state index contributed by atoms with van der Waals surface area (Å²) in [6.07, 6.45) is 1.67. The molecule has 0 saturated carbocycles. The lowest BCUT2D eigenvalue weighted by Crippen LogP contribution is -2.35. The Morgan fingerprint density at radius 2 is 2.36 bits per heavy atom. The zero-order valence-corrected chi connectivity index (χ0v) is 6.62. The van der Waals surface area contributed by atoms with E-state index in [2.05, 4.69) is 0 Å². The molecule has 1 heterocycles. The molecule has 1 unspecified atom stereocenters. The maximum Gasteiger partial charge on any atom is 0.239 e. The molecule has 0 radical (unpaired) electrons. The van der Waals surface area contributed by atoms with E-state index in [1.54, 1.807) is 4.90 Å². The van der Waals surface area contributed by atoms with Crippen LogP contribution in [-0.4, -0.2) is 36.5 Å². The van der Waals surface area contributed by atoms with Crippen molar-refractivity contribution in [1.29, 1.82) is 0 Å². The second-order valence-corrected chi connectivity index (χ2v) is 2.86. The van der Waals surface area contributed by atoms with Crippen LogP contribution in [0.3, 0.4) is 0 Å². The Balaban J connectivity index is 2.30. The van der Waals surface area contributed by atoms with E-state index in [9.17, 15) is 4.79 Å². The molecule has 1 saturated heterocycles. The van der Waals surface area contributed by atoms with E-state index < -0.39 is 0 Å². The fourth-order valence-electron chi connectivity index (χ4n) is 1.27. The predicted molar refractivity (Wildman–Crippen MR) is 42.8 cm³/mol. The number of hydrogen-bond acceptors (Lipinski definition) is 3. The van der Waals surface area contributed by atoms with Gasteiger partial charge in [0.25, 0.3) is 0 Å². The lowest BCUT2D eigenvalue weighted by atomic mass is 10.3. The standard InChI is InChI=1S/C7H15N3O/c8-3-1-4-10-5-2-6(9)7(10)11/h6H,1-5,8-9H2. The third-order valence-corrected chi connectivity index (χ3v) is 1.97. The average molecular weight is 157 g/mol. The summed E-state index contributed by atoms with van der Waals surface area (Å²) in [5, 5.41) is 0. The van der Waals surface area contributed by atoms with Crippen LogP contribution in [0.5, 0.6) is 0 Å². The molecule has 1 aliphatic rings. The molecule has 0 aromatic carbocycles. The van der Waals surface area contributed by atoms with Gasteiger partial charge in [-0.05, 0) is 19.4 Å². The van der Waals surface area contributed by atoms with E-state index in [1.165, 1.54) is 0 Å². The van der Waals surface area contributed by atoms with Crippen molar-refractivity contribution in [3.8, 4) is 0 Å². The highest BCUT2D eigenvalue weighted by molar-refractivity contribution is 5.83. The van der Waals surface area contributed by atoms with Crippen molar-refractivity contribution >= 4 is 5.91 Å². The highest BCUT2D eigenvalue weighted by Gasteiger charge is 2.27. The Hall–Kier alpha value is -0.610. The zero-order valence-electron chi connectivity index (χ0n) is 6.62. The van der Waals surface area contributed by atoms with Crippen molar-refractivity contribution in [1.82, 2.24) is 4.90 Å². The molecular weight excluding hydrogens is 142 g/mol. The summed E-state index contributed by atoms with van der Waals surface area (Å²) in [6, 6.07) is -0.257. The first-order valence-corrected chi connectivity index (χ1v) is 4.00. The summed E-state index contributed by atoms with van der Waals surface area (Å²) in [6.45, 7) is 2.21. The molecule has 4 nitrogen and oxygen atoms in total. The molecule has 0 aromatic rings. The van der Waals surface area contributed by atoms with Gasteiger partial charge in [-0.2, -0.15) is 0 Å². The lowest BCUT2D eigenvalue weighted by molar-refractivity contribution is -0.128. The first kappa shape index (κ1) is 8.49. The quantitative estimate of drug-likeness (QED) is 0.546. The van der Waals surface area contributed by atoms with Crippen molar-refractivity contribution in [2.45, 2.75) is 18.9 Å². The van der Waals surface area contributed by atoms with Gasteiger partial charge in [-0.25, -0.2) is 0 Å². The van der Waals surface area contributed by atoms with Crippen LogP contribution in [0.2, 0.25) is 0 Å². The van der Waals surface area contributed by atoms with Crippen LogP contribution in [0.25, 0.3) is 0 Å². The summed E-state index contributed by atoms with van der Waals surface area (Å²) < 4.78 is 0. The molecule has 1 aliphatic heterocycles. The summed E-state index contributed by atoms with van der Waals surface area (Å²) in [5.74, 6) is 0.0819. The van der Waals surface area contributed by atoms with Crippen LogP contribution in [0.1, 0.15) is 12.8 Å². The molecule has 1 atom stereocenters. The molecular formula is C7H15N3O. The zero-order chi connectivity index (χ0) is 8.27. The fraction of sp³-hybridized carbons (Fsp3) is 0.857. The molecule has 4 N–H and O–H groups in total. The largest absolute Gasteiger partial charge is 0.341 e. The van der Waals surface area contributed by atoms with Crippen LogP contribution >= 0.6 is 0 Å². The van der Waals surface area contributed by atoms with E-state index in [1.807, 2.05) is 0 Å². The number of nitrogens with zero attached hydrogens (tertiary/aromatic N) is 1. The van der Waals surface area contributed by atoms with Crippen molar-refractivity contribution in [3.05, 3.63) is 0 Å². The van der Waals surface area contributed by atoms with Gasteiger partial charge < -0.3 is 16.4 Å². The Morgan fingerprint density at radius 3 is 2.82 bits per heavy atom. The van der Waals surface area contributed by atoms with Gasteiger partial charge in [-0.3, -0.25) is 4.79 Å². The number of nitrogens with two attached hydrogens (primary N) is 2. The Kier molecular flexibility index (Phi) is 2.84. The maximum absolute atomic E-state index is 11.2. The minimum atomic E-state index is -0.257. The molecule has 0 aliphatic carbocycles. The topological polar surface area (TPSA) is 72.3 Å². The van der Waals surface area contributed by atoms with Gasteiger partial charge in [-0.15, -0.1) is 0 Å². The maximum atomic E-state index is 11.2. The molecule has 64 valence electrons. The van der Waals surface area contributed by atoms with Gasteiger partial charge in [-0.1, -0.05) is 0 Å². The fourth-order valence-corrected chi connectivity index (χ4v) is 1.27. The Morgan fingerprint density at radius 1 is 1.64 bits per heavy atom. The summed E-state index contributed by atoms with van der Waals surface area (Å²) in [4.78, 5) is 13.0. The van der Waals surface area contributed by atoms with E-state index in [0.717, 1.165) is 25.9 Å². The number of carbonyl (C=O) groups is 1. The number of likely N-dealkylation sites (tertiary alicyclic amines) is 1. The lowest BCUT2D eigenvalue weighted by Gasteiger charge is -2.14. The minimum Gasteiger partial charge on any atom is -0.341 e. The molecule has 1 rings (SSSR count). The van der Waals surface area contributed by atoms with Crippen LogP contribution in [-0.2, 0) is 4.79 Å². The van der Waals surface area contributed by atoms with Crippen molar-refractivity contribution < 1.29 is 4.79 Å². The smallest absolute Gasteiger partial charge is 0.239 e.